The van der Waals surface area contributed by atoms with Crippen molar-refractivity contribution in [3.63, 3.8) is 0 Å². The van der Waals surface area contributed by atoms with E-state index in [1.165, 1.54) is 0 Å². The van der Waals surface area contributed by atoms with E-state index in [1.54, 1.807) is 24.2 Å². The van der Waals surface area contributed by atoms with E-state index in [9.17, 15) is 4.79 Å². The van der Waals surface area contributed by atoms with Crippen molar-refractivity contribution in [2.24, 2.45) is 0 Å². The standard InChI is InChI=1S/C17H16N2O2S/c1-11-3-5-14-12(10-21-15(14)7-11)8-16(20)19-13-4-6-17(22-2)18-9-13/h3-7,9-10H,8H2,1-2H3,(H,19,20). The lowest BCUT2D eigenvalue weighted by Gasteiger charge is -2.04. The van der Waals surface area contributed by atoms with Crippen molar-refractivity contribution in [3.05, 3.63) is 53.9 Å². The smallest absolute Gasteiger partial charge is 0.228 e. The fraction of sp³-hybridized carbons (Fsp3) is 0.176. The van der Waals surface area contributed by atoms with Crippen LogP contribution in [0.5, 0.6) is 0 Å². The maximum Gasteiger partial charge on any atom is 0.228 e. The summed E-state index contributed by atoms with van der Waals surface area (Å²) >= 11 is 1.57. The number of fused-ring (bicyclic) bond motifs is 1. The number of furan rings is 1. The minimum absolute atomic E-state index is 0.0815. The minimum Gasteiger partial charge on any atom is -0.464 e. The second-order valence-corrected chi connectivity index (χ2v) is 5.90. The number of pyridine rings is 1. The van der Waals surface area contributed by atoms with Crippen LogP contribution in [0.2, 0.25) is 0 Å². The Hall–Kier alpha value is -2.27. The third kappa shape index (κ3) is 3.14. The van der Waals surface area contributed by atoms with Crippen LogP contribution in [0, 0.1) is 6.92 Å². The Kier molecular flexibility index (Phi) is 4.15. The maximum atomic E-state index is 12.2. The molecule has 3 aromatic rings. The number of hydrogen-bond acceptors (Lipinski definition) is 4. The van der Waals surface area contributed by atoms with E-state index < -0.39 is 0 Å². The van der Waals surface area contributed by atoms with Gasteiger partial charge in [-0.1, -0.05) is 12.1 Å². The lowest BCUT2D eigenvalue weighted by Crippen LogP contribution is -2.14. The van der Waals surface area contributed by atoms with Crippen LogP contribution in [0.15, 0.2) is 52.2 Å². The molecule has 2 heterocycles. The first-order chi connectivity index (χ1) is 10.7. The number of hydrogen-bond donors (Lipinski definition) is 1. The Morgan fingerprint density at radius 3 is 2.91 bits per heavy atom. The van der Waals surface area contributed by atoms with Crippen molar-refractivity contribution in [1.29, 1.82) is 0 Å². The van der Waals surface area contributed by atoms with Gasteiger partial charge in [-0.3, -0.25) is 4.79 Å². The highest BCUT2D eigenvalue weighted by Gasteiger charge is 2.11. The third-order valence-corrected chi connectivity index (χ3v) is 4.05. The van der Waals surface area contributed by atoms with Crippen LogP contribution in [0.3, 0.4) is 0 Å². The van der Waals surface area contributed by atoms with Crippen LogP contribution < -0.4 is 5.32 Å². The highest BCUT2D eigenvalue weighted by molar-refractivity contribution is 7.98. The van der Waals surface area contributed by atoms with E-state index in [0.717, 1.165) is 27.1 Å². The summed E-state index contributed by atoms with van der Waals surface area (Å²) in [5.41, 5.74) is 3.54. The number of amides is 1. The highest BCUT2D eigenvalue weighted by Crippen LogP contribution is 2.23. The van der Waals surface area contributed by atoms with E-state index in [1.807, 2.05) is 43.5 Å². The quantitative estimate of drug-likeness (QED) is 0.739. The predicted octanol–water partition coefficient (Wildman–Crippen LogP) is 4.04. The van der Waals surface area contributed by atoms with Crippen molar-refractivity contribution in [3.8, 4) is 0 Å². The van der Waals surface area contributed by atoms with Gasteiger partial charge in [-0.15, -0.1) is 11.8 Å². The molecular formula is C17H16N2O2S. The Labute approximate surface area is 132 Å². The number of thioether (sulfide) groups is 1. The van der Waals surface area contributed by atoms with E-state index >= 15 is 0 Å². The molecule has 0 radical (unpaired) electrons. The zero-order valence-electron chi connectivity index (χ0n) is 12.4. The molecule has 112 valence electrons. The largest absolute Gasteiger partial charge is 0.464 e. The zero-order valence-corrected chi connectivity index (χ0v) is 13.2. The normalized spacial score (nSPS) is 10.8. The molecule has 0 fully saturated rings. The Morgan fingerprint density at radius 2 is 2.18 bits per heavy atom. The molecule has 2 aromatic heterocycles. The fourth-order valence-corrected chi connectivity index (χ4v) is 2.64. The summed E-state index contributed by atoms with van der Waals surface area (Å²) in [6.45, 7) is 2.01. The zero-order chi connectivity index (χ0) is 15.5. The van der Waals surface area contributed by atoms with Gasteiger partial charge in [0.2, 0.25) is 5.91 Å². The molecule has 0 spiro atoms. The topological polar surface area (TPSA) is 55.1 Å². The van der Waals surface area contributed by atoms with Crippen molar-refractivity contribution < 1.29 is 9.21 Å². The van der Waals surface area contributed by atoms with Crippen LogP contribution in [-0.2, 0) is 11.2 Å². The lowest BCUT2D eigenvalue weighted by atomic mass is 10.1. The molecule has 0 unspecified atom stereocenters. The van der Waals surface area contributed by atoms with Crippen LogP contribution in [0.1, 0.15) is 11.1 Å². The summed E-state index contributed by atoms with van der Waals surface area (Å²) < 4.78 is 5.52. The molecule has 0 aliphatic heterocycles. The molecule has 5 heteroatoms. The van der Waals surface area contributed by atoms with Crippen molar-refractivity contribution in [1.82, 2.24) is 4.98 Å². The molecule has 0 saturated carbocycles. The van der Waals surface area contributed by atoms with Gasteiger partial charge in [0.25, 0.3) is 0 Å². The molecule has 0 bridgehead atoms. The number of nitrogens with one attached hydrogen (secondary N) is 1. The van der Waals surface area contributed by atoms with Crippen molar-refractivity contribution >= 4 is 34.3 Å². The third-order valence-electron chi connectivity index (χ3n) is 3.39. The number of carbonyl (C=O) groups excluding carboxylic acids is 1. The summed E-state index contributed by atoms with van der Waals surface area (Å²) in [6.07, 6.45) is 5.56. The molecule has 1 aromatic carbocycles. The van der Waals surface area contributed by atoms with Gasteiger partial charge in [-0.2, -0.15) is 0 Å². The van der Waals surface area contributed by atoms with Crippen LogP contribution in [0.4, 0.5) is 5.69 Å². The fourth-order valence-electron chi connectivity index (χ4n) is 2.28. The number of nitrogens with zero attached hydrogens (tertiary/aromatic N) is 1. The summed E-state index contributed by atoms with van der Waals surface area (Å²) in [5, 5.41) is 4.76. The Balaban J connectivity index is 1.72. The Morgan fingerprint density at radius 1 is 1.32 bits per heavy atom. The number of benzene rings is 1. The van der Waals surface area contributed by atoms with Gasteiger partial charge in [0.1, 0.15) is 5.58 Å². The molecular weight excluding hydrogens is 296 g/mol. The van der Waals surface area contributed by atoms with Crippen molar-refractivity contribution in [2.75, 3.05) is 11.6 Å². The van der Waals surface area contributed by atoms with Gasteiger partial charge in [0.15, 0.2) is 0 Å². The van der Waals surface area contributed by atoms with E-state index in [-0.39, 0.29) is 12.3 Å². The van der Waals surface area contributed by atoms with E-state index in [0.29, 0.717) is 5.69 Å². The Bertz CT molecular complexity index is 809. The second kappa shape index (κ2) is 6.23. The first kappa shape index (κ1) is 14.7. The molecule has 3 rings (SSSR count). The number of aryl methyl sites for hydroxylation is 1. The van der Waals surface area contributed by atoms with Gasteiger partial charge in [-0.25, -0.2) is 4.98 Å². The van der Waals surface area contributed by atoms with Crippen LogP contribution >= 0.6 is 11.8 Å². The molecule has 0 aliphatic carbocycles. The first-order valence-corrected chi connectivity index (χ1v) is 8.15. The summed E-state index contributed by atoms with van der Waals surface area (Å²) in [7, 11) is 0. The average molecular weight is 312 g/mol. The molecule has 1 amide bonds. The van der Waals surface area contributed by atoms with E-state index in [2.05, 4.69) is 10.3 Å². The molecule has 1 N–H and O–H groups in total. The molecule has 22 heavy (non-hydrogen) atoms. The van der Waals surface area contributed by atoms with Gasteiger partial charge in [0, 0.05) is 10.9 Å². The molecule has 0 aliphatic rings. The van der Waals surface area contributed by atoms with Gasteiger partial charge < -0.3 is 9.73 Å². The van der Waals surface area contributed by atoms with Gasteiger partial charge in [-0.05, 0) is 36.9 Å². The molecule has 0 saturated heterocycles. The minimum atomic E-state index is -0.0815. The van der Waals surface area contributed by atoms with Crippen LogP contribution in [0.25, 0.3) is 11.0 Å². The van der Waals surface area contributed by atoms with Crippen molar-refractivity contribution in [2.45, 2.75) is 18.4 Å². The number of aromatic nitrogens is 1. The molecule has 0 atom stereocenters. The second-order valence-electron chi connectivity index (χ2n) is 5.07. The lowest BCUT2D eigenvalue weighted by molar-refractivity contribution is -0.115. The molecule has 4 nitrogen and oxygen atoms in total. The number of rotatable bonds is 4. The number of carbonyl (C=O) groups is 1. The summed E-state index contributed by atoms with van der Waals surface area (Å²) in [6, 6.07) is 9.72. The average Bonchev–Trinajstić information content (AvgIpc) is 2.90. The monoisotopic (exact) mass is 312 g/mol. The summed E-state index contributed by atoms with van der Waals surface area (Å²) in [4.78, 5) is 16.4. The van der Waals surface area contributed by atoms with Crippen LogP contribution in [-0.4, -0.2) is 17.1 Å². The predicted molar refractivity (Wildman–Crippen MR) is 89.3 cm³/mol. The summed E-state index contributed by atoms with van der Waals surface area (Å²) in [5.74, 6) is -0.0815. The number of anilines is 1. The van der Waals surface area contributed by atoms with E-state index in [4.69, 9.17) is 4.42 Å². The SMILES string of the molecule is CSc1ccc(NC(=O)Cc2coc3cc(C)ccc23)cn1. The van der Waals surface area contributed by atoms with Gasteiger partial charge >= 0.3 is 0 Å². The van der Waals surface area contributed by atoms with Gasteiger partial charge in [0.05, 0.1) is 29.6 Å². The highest BCUT2D eigenvalue weighted by atomic mass is 32.2. The maximum absolute atomic E-state index is 12.2. The first-order valence-electron chi connectivity index (χ1n) is 6.92.